The van der Waals surface area contributed by atoms with Crippen molar-refractivity contribution in [2.24, 2.45) is 0 Å². The first kappa shape index (κ1) is 22.3. The van der Waals surface area contributed by atoms with Crippen LogP contribution in [-0.4, -0.2) is 45.7 Å². The number of rotatable bonds is 6. The summed E-state index contributed by atoms with van der Waals surface area (Å²) in [5.41, 5.74) is 1.80. The summed E-state index contributed by atoms with van der Waals surface area (Å²) < 4.78 is 42.7. The van der Waals surface area contributed by atoms with Crippen molar-refractivity contribution in [3.63, 3.8) is 0 Å². The highest BCUT2D eigenvalue weighted by molar-refractivity contribution is 6.00. The van der Waals surface area contributed by atoms with Gasteiger partial charge in [-0.25, -0.2) is 13.6 Å². The zero-order chi connectivity index (χ0) is 24.4. The maximum absolute atomic E-state index is 16.0. The molecule has 9 heteroatoms. The van der Waals surface area contributed by atoms with Crippen LogP contribution in [0.5, 0.6) is 5.75 Å². The Kier molecular flexibility index (Phi) is 5.12. The largest absolute Gasteiger partial charge is 0.494 e. The summed E-state index contributed by atoms with van der Waals surface area (Å²) in [4.78, 5) is 11.9. The van der Waals surface area contributed by atoms with Crippen LogP contribution in [-0.2, 0) is 9.53 Å². The van der Waals surface area contributed by atoms with E-state index in [1.807, 2.05) is 24.5 Å². The van der Waals surface area contributed by atoms with Gasteiger partial charge in [0.05, 0.1) is 18.8 Å². The van der Waals surface area contributed by atoms with E-state index >= 15 is 4.39 Å². The third-order valence-electron chi connectivity index (χ3n) is 6.96. The Balaban J connectivity index is 1.84. The number of ether oxygens (including phenoxy) is 2. The molecular weight excluding hydrogens is 444 g/mol. The lowest BCUT2D eigenvalue weighted by Crippen LogP contribution is -2.51. The van der Waals surface area contributed by atoms with Gasteiger partial charge in [-0.05, 0) is 48.4 Å². The van der Waals surface area contributed by atoms with Gasteiger partial charge in [-0.3, -0.25) is 5.10 Å². The molecule has 1 aliphatic carbocycles. The van der Waals surface area contributed by atoms with Crippen LogP contribution in [0.3, 0.4) is 0 Å². The molecule has 0 aliphatic heterocycles. The second kappa shape index (κ2) is 7.80. The molecule has 0 spiro atoms. The standard InChI is InChI=1S/C25H25F2N3O4/c1-12(2)23-19(14-9-25(10-14,34-4)24(31)32)20-17(7-13-11-28-29-22(13)21(20)27)30(23)15-5-6-16(26)18(8-15)33-3/h5-8,11-12,14H,9-10H2,1-4H3,(H,28,29)(H,31,32). The highest BCUT2D eigenvalue weighted by Gasteiger charge is 2.53. The van der Waals surface area contributed by atoms with Gasteiger partial charge in [0.25, 0.3) is 0 Å². The SMILES string of the molecule is COc1cc(-n2c(C(C)C)c(C3CC(OC)(C(=O)O)C3)c3c(F)c4[nH]ncc4cc32)ccc1F. The number of hydrogen-bond acceptors (Lipinski definition) is 4. The number of benzene rings is 2. The van der Waals surface area contributed by atoms with Crippen LogP contribution in [0.25, 0.3) is 27.5 Å². The smallest absolute Gasteiger partial charge is 0.335 e. The minimum absolute atomic E-state index is 0.0447. The molecule has 7 nitrogen and oxygen atoms in total. The van der Waals surface area contributed by atoms with Gasteiger partial charge in [-0.15, -0.1) is 0 Å². The van der Waals surface area contributed by atoms with Crippen molar-refractivity contribution in [2.75, 3.05) is 14.2 Å². The molecule has 178 valence electrons. The number of carboxylic acids is 1. The third-order valence-corrected chi connectivity index (χ3v) is 6.96. The molecule has 2 aromatic heterocycles. The van der Waals surface area contributed by atoms with Crippen molar-refractivity contribution < 1.29 is 28.2 Å². The van der Waals surface area contributed by atoms with Gasteiger partial charge in [0.1, 0.15) is 5.52 Å². The molecule has 0 amide bonds. The normalized spacial score (nSPS) is 20.3. The Morgan fingerprint density at radius 3 is 2.62 bits per heavy atom. The predicted octanol–water partition coefficient (Wildman–Crippen LogP) is 5.26. The summed E-state index contributed by atoms with van der Waals surface area (Å²) in [5.74, 6) is -2.16. The van der Waals surface area contributed by atoms with E-state index in [1.54, 1.807) is 18.3 Å². The fourth-order valence-electron chi connectivity index (χ4n) is 5.27. The lowest BCUT2D eigenvalue weighted by molar-refractivity contribution is -0.175. The van der Waals surface area contributed by atoms with Crippen LogP contribution in [0.1, 0.15) is 49.8 Å². The number of nitrogens with one attached hydrogen (secondary N) is 1. The zero-order valence-electron chi connectivity index (χ0n) is 19.3. The molecule has 0 radical (unpaired) electrons. The van der Waals surface area contributed by atoms with Crippen LogP contribution in [0.4, 0.5) is 8.78 Å². The molecule has 2 N–H and O–H groups in total. The van der Waals surface area contributed by atoms with E-state index in [-0.39, 0.29) is 35.9 Å². The first-order valence-electron chi connectivity index (χ1n) is 11.0. The number of aromatic nitrogens is 3. The number of hydrogen-bond donors (Lipinski definition) is 2. The summed E-state index contributed by atoms with van der Waals surface area (Å²) in [6.45, 7) is 4.00. The number of fused-ring (bicyclic) bond motifs is 2. The molecule has 0 bridgehead atoms. The first-order chi connectivity index (χ1) is 16.2. The summed E-state index contributed by atoms with van der Waals surface area (Å²) in [5, 5.41) is 17.4. The summed E-state index contributed by atoms with van der Waals surface area (Å²) in [6, 6.07) is 6.38. The van der Waals surface area contributed by atoms with Crippen molar-refractivity contribution in [3.05, 3.63) is 53.4 Å². The predicted molar refractivity (Wildman–Crippen MR) is 123 cm³/mol. The molecule has 0 saturated heterocycles. The monoisotopic (exact) mass is 469 g/mol. The average molecular weight is 469 g/mol. The number of aliphatic carboxylic acids is 1. The molecule has 1 saturated carbocycles. The number of methoxy groups -OCH3 is 2. The van der Waals surface area contributed by atoms with Gasteiger partial charge in [0.15, 0.2) is 23.0 Å². The Hall–Kier alpha value is -3.46. The van der Waals surface area contributed by atoms with Crippen LogP contribution in [0.2, 0.25) is 0 Å². The summed E-state index contributed by atoms with van der Waals surface area (Å²) >= 11 is 0. The minimum Gasteiger partial charge on any atom is -0.494 e. The third kappa shape index (κ3) is 3.03. The fourth-order valence-corrected chi connectivity index (χ4v) is 5.27. The number of aromatic amines is 1. The van der Waals surface area contributed by atoms with E-state index < -0.39 is 23.2 Å². The van der Waals surface area contributed by atoms with E-state index in [1.165, 1.54) is 20.3 Å². The van der Waals surface area contributed by atoms with E-state index in [0.717, 1.165) is 11.3 Å². The van der Waals surface area contributed by atoms with Crippen LogP contribution in [0, 0.1) is 11.6 Å². The van der Waals surface area contributed by atoms with E-state index in [9.17, 15) is 14.3 Å². The molecule has 4 aromatic rings. The molecule has 1 fully saturated rings. The Labute approximate surface area is 194 Å². The van der Waals surface area contributed by atoms with Gasteiger partial charge in [0.2, 0.25) is 0 Å². The molecule has 0 unspecified atom stereocenters. The Morgan fingerprint density at radius 1 is 1.26 bits per heavy atom. The van der Waals surface area contributed by atoms with Crippen molar-refractivity contribution in [1.29, 1.82) is 0 Å². The maximum Gasteiger partial charge on any atom is 0.335 e. The lowest BCUT2D eigenvalue weighted by Gasteiger charge is -2.43. The Bertz CT molecular complexity index is 1430. The van der Waals surface area contributed by atoms with E-state index in [4.69, 9.17) is 9.47 Å². The molecule has 2 heterocycles. The topological polar surface area (TPSA) is 89.4 Å². The maximum atomic E-state index is 16.0. The quantitative estimate of drug-likeness (QED) is 0.402. The van der Waals surface area contributed by atoms with E-state index in [2.05, 4.69) is 10.2 Å². The van der Waals surface area contributed by atoms with E-state index in [0.29, 0.717) is 22.0 Å². The lowest BCUT2D eigenvalue weighted by atomic mass is 9.66. The van der Waals surface area contributed by atoms with Crippen LogP contribution >= 0.6 is 0 Å². The van der Waals surface area contributed by atoms with Crippen molar-refractivity contribution in [2.45, 2.75) is 44.1 Å². The minimum atomic E-state index is -1.29. The average Bonchev–Trinajstić information content (AvgIpc) is 3.37. The number of H-pyrrole nitrogens is 1. The first-order valence-corrected chi connectivity index (χ1v) is 11.0. The second-order valence-electron chi connectivity index (χ2n) is 9.14. The number of nitrogens with zero attached hydrogens (tertiary/aromatic N) is 2. The van der Waals surface area contributed by atoms with Crippen molar-refractivity contribution in [3.8, 4) is 11.4 Å². The van der Waals surface area contributed by atoms with Crippen molar-refractivity contribution >= 4 is 27.8 Å². The summed E-state index contributed by atoms with van der Waals surface area (Å²) in [6.07, 6.45) is 2.01. The highest BCUT2D eigenvalue weighted by Crippen LogP contribution is 2.53. The van der Waals surface area contributed by atoms with Crippen LogP contribution < -0.4 is 4.74 Å². The molecule has 2 aromatic carbocycles. The molecule has 34 heavy (non-hydrogen) atoms. The number of carbonyl (C=O) groups is 1. The van der Waals surface area contributed by atoms with Gasteiger partial charge in [0, 0.05) is 35.3 Å². The van der Waals surface area contributed by atoms with Gasteiger partial charge in [-0.2, -0.15) is 5.10 Å². The molecule has 1 aliphatic rings. The zero-order valence-corrected chi connectivity index (χ0v) is 19.3. The molecule has 5 rings (SSSR count). The molecule has 0 atom stereocenters. The Morgan fingerprint density at radius 2 is 2.00 bits per heavy atom. The van der Waals surface area contributed by atoms with Gasteiger partial charge >= 0.3 is 5.97 Å². The van der Waals surface area contributed by atoms with Gasteiger partial charge < -0.3 is 19.1 Å². The second-order valence-corrected chi connectivity index (χ2v) is 9.14. The highest BCUT2D eigenvalue weighted by atomic mass is 19.1. The van der Waals surface area contributed by atoms with Crippen LogP contribution in [0.15, 0.2) is 30.5 Å². The molecular formula is C25H25F2N3O4. The summed E-state index contributed by atoms with van der Waals surface area (Å²) in [7, 11) is 2.78. The fraction of sp³-hybridized carbons (Fsp3) is 0.360. The number of carboxylic acid groups (broad SMARTS) is 1. The van der Waals surface area contributed by atoms with Crippen molar-refractivity contribution in [1.82, 2.24) is 14.8 Å². The number of halogens is 2. The van der Waals surface area contributed by atoms with Gasteiger partial charge in [-0.1, -0.05) is 13.8 Å².